The van der Waals surface area contributed by atoms with E-state index in [2.05, 4.69) is 50.7 Å². The number of nitrogens with one attached hydrogen (secondary N) is 1. The number of rotatable bonds is 12. The van der Waals surface area contributed by atoms with E-state index >= 15 is 0 Å². The summed E-state index contributed by atoms with van der Waals surface area (Å²) in [4.78, 5) is 32.2. The van der Waals surface area contributed by atoms with E-state index in [1.54, 1.807) is 17.2 Å². The van der Waals surface area contributed by atoms with Crippen molar-refractivity contribution >= 4 is 37.4 Å². The van der Waals surface area contributed by atoms with E-state index in [9.17, 15) is 9.59 Å². The molecule has 37 heavy (non-hydrogen) atoms. The van der Waals surface area contributed by atoms with E-state index in [1.807, 2.05) is 18.2 Å². The molecule has 9 heteroatoms. The molecule has 2 amide bonds. The molecule has 0 bridgehead atoms. The molecule has 2 saturated heterocycles. The van der Waals surface area contributed by atoms with Crippen molar-refractivity contribution in [2.45, 2.75) is 89.0 Å². The third-order valence-electron chi connectivity index (χ3n) is 8.15. The molecule has 1 N–H and O–H groups in total. The maximum atomic E-state index is 12.6. The van der Waals surface area contributed by atoms with Gasteiger partial charge in [-0.25, -0.2) is 4.79 Å². The summed E-state index contributed by atoms with van der Waals surface area (Å²) < 4.78 is 11.7. The molecule has 1 aromatic rings. The van der Waals surface area contributed by atoms with Crippen molar-refractivity contribution in [3.05, 3.63) is 42.7 Å². The van der Waals surface area contributed by atoms with Crippen LogP contribution in [0, 0.1) is 5.92 Å². The number of aromatic nitrogens is 1. The van der Waals surface area contributed by atoms with E-state index in [0.29, 0.717) is 19.6 Å². The van der Waals surface area contributed by atoms with Crippen LogP contribution in [0.15, 0.2) is 37.1 Å². The minimum absolute atomic E-state index is 0.0309. The second-order valence-electron chi connectivity index (χ2n) is 11.6. The molecule has 4 atom stereocenters. The predicted octanol–water partition coefficient (Wildman–Crippen LogP) is 5.63. The van der Waals surface area contributed by atoms with Crippen molar-refractivity contribution in [1.82, 2.24) is 15.2 Å². The lowest BCUT2D eigenvalue weighted by molar-refractivity contribution is -0.133. The van der Waals surface area contributed by atoms with Crippen molar-refractivity contribution < 1.29 is 18.8 Å². The van der Waals surface area contributed by atoms with Crippen LogP contribution in [0.3, 0.4) is 0 Å². The van der Waals surface area contributed by atoms with Crippen molar-refractivity contribution in [1.29, 1.82) is 0 Å². The number of hydrogen-bond donors (Lipinski definition) is 1. The van der Waals surface area contributed by atoms with Gasteiger partial charge in [0.25, 0.3) is 0 Å². The second-order valence-corrected chi connectivity index (χ2v) is 16.9. The maximum Gasteiger partial charge on any atom is 0.410 e. The number of ether oxygens (including phenoxy) is 1. The number of carbonyl (C=O) groups excluding carboxylic acids is 2. The van der Waals surface area contributed by atoms with Crippen LogP contribution in [-0.2, 0) is 14.0 Å². The number of likely N-dealkylation sites (tertiary alicyclic amines) is 1. The van der Waals surface area contributed by atoms with Crippen LogP contribution in [-0.4, -0.2) is 66.9 Å². The number of nitrogens with zero attached hydrogens (tertiary/aromatic N) is 2. The fraction of sp³-hybridized carbons (Fsp3) is 0.643. The summed E-state index contributed by atoms with van der Waals surface area (Å²) in [6, 6.07) is 5.79. The number of pyridine rings is 1. The van der Waals surface area contributed by atoms with Crippen LogP contribution in [0.2, 0.25) is 18.1 Å². The molecule has 7 nitrogen and oxygen atoms in total. The standard InChI is InChI=1S/C28H43N3O4SSi/c1-7-18-34-27(33)31-17-10-11-20(31)13-14-22-24(30-26(22)32)25(36)21(23-12-8-9-16-29-23)15-19-35-37(5,6)28(2,3)4/h7-9,12,16,20-22,24H,1,10-11,13-15,17-19H2,2-6H3,(H,30,32)/t20-,21-,22+,24+/m1/s1. The van der Waals surface area contributed by atoms with E-state index in [-0.39, 0.29) is 47.6 Å². The average molecular weight is 546 g/mol. The monoisotopic (exact) mass is 545 g/mol. The summed E-state index contributed by atoms with van der Waals surface area (Å²) in [7, 11) is -1.89. The molecule has 2 aliphatic rings. The van der Waals surface area contributed by atoms with Gasteiger partial charge in [0.1, 0.15) is 6.61 Å². The second kappa shape index (κ2) is 12.6. The largest absolute Gasteiger partial charge is 0.445 e. The van der Waals surface area contributed by atoms with E-state index in [4.69, 9.17) is 21.4 Å². The number of carbonyl (C=O) groups is 2. The summed E-state index contributed by atoms with van der Waals surface area (Å²) in [6.07, 6.45) is 7.10. The zero-order valence-corrected chi connectivity index (χ0v) is 24.8. The normalized spacial score (nSPS) is 22.7. The molecule has 0 saturated carbocycles. The number of β-lactam (4-membered cyclic amide) rings is 1. The molecule has 0 aromatic carbocycles. The first-order chi connectivity index (χ1) is 17.5. The highest BCUT2D eigenvalue weighted by molar-refractivity contribution is 7.80. The summed E-state index contributed by atoms with van der Waals surface area (Å²) in [5, 5.41) is 3.19. The molecular weight excluding hydrogens is 502 g/mol. The third kappa shape index (κ3) is 7.27. The molecule has 204 valence electrons. The first-order valence-corrected chi connectivity index (χ1v) is 16.7. The fourth-order valence-corrected chi connectivity index (χ4v) is 6.35. The van der Waals surface area contributed by atoms with Crippen molar-refractivity contribution in [3.63, 3.8) is 0 Å². The highest BCUT2D eigenvalue weighted by atomic mass is 32.1. The van der Waals surface area contributed by atoms with E-state index < -0.39 is 8.32 Å². The Hall–Kier alpha value is -2.10. The van der Waals surface area contributed by atoms with Gasteiger partial charge in [-0.1, -0.05) is 51.7 Å². The predicted molar refractivity (Wildman–Crippen MR) is 153 cm³/mol. The van der Waals surface area contributed by atoms with Crippen LogP contribution in [0.1, 0.15) is 64.5 Å². The first kappa shape index (κ1) is 29.5. The van der Waals surface area contributed by atoms with Crippen LogP contribution < -0.4 is 5.32 Å². The zero-order chi connectivity index (χ0) is 27.2. The highest BCUT2D eigenvalue weighted by Gasteiger charge is 2.45. The molecule has 0 unspecified atom stereocenters. The van der Waals surface area contributed by atoms with Gasteiger partial charge in [-0.05, 0) is 62.4 Å². The van der Waals surface area contributed by atoms with Gasteiger partial charge in [0.15, 0.2) is 8.32 Å². The van der Waals surface area contributed by atoms with Gasteiger partial charge in [-0.15, -0.1) is 0 Å². The van der Waals surface area contributed by atoms with Gasteiger partial charge in [-0.3, -0.25) is 9.78 Å². The van der Waals surface area contributed by atoms with Crippen LogP contribution in [0.5, 0.6) is 0 Å². The Morgan fingerprint density at radius 1 is 1.35 bits per heavy atom. The van der Waals surface area contributed by atoms with Crippen molar-refractivity contribution in [3.8, 4) is 0 Å². The number of hydrogen-bond acceptors (Lipinski definition) is 6. The molecular formula is C28H43N3O4SSi. The smallest absolute Gasteiger partial charge is 0.410 e. The Balaban J connectivity index is 1.64. The lowest BCUT2D eigenvalue weighted by Gasteiger charge is -2.40. The molecule has 3 rings (SSSR count). The molecule has 3 heterocycles. The van der Waals surface area contributed by atoms with E-state index in [1.165, 1.54) is 0 Å². The Bertz CT molecular complexity index is 966. The first-order valence-electron chi connectivity index (χ1n) is 13.4. The lowest BCUT2D eigenvalue weighted by Crippen LogP contribution is -2.62. The minimum Gasteiger partial charge on any atom is -0.445 e. The summed E-state index contributed by atoms with van der Waals surface area (Å²) in [5.41, 5.74) is 0.915. The average Bonchev–Trinajstić information content (AvgIpc) is 3.32. The minimum atomic E-state index is -1.89. The molecule has 2 aliphatic heterocycles. The summed E-state index contributed by atoms with van der Waals surface area (Å²) >= 11 is 6.01. The molecule has 2 fully saturated rings. The Morgan fingerprint density at radius 3 is 2.73 bits per heavy atom. The van der Waals surface area contributed by atoms with Crippen molar-refractivity contribution in [2.24, 2.45) is 5.92 Å². The zero-order valence-electron chi connectivity index (χ0n) is 23.0. The Labute approximate surface area is 228 Å². The fourth-order valence-electron chi connectivity index (χ4n) is 4.83. The van der Waals surface area contributed by atoms with Gasteiger partial charge in [0.05, 0.1) is 12.0 Å². The van der Waals surface area contributed by atoms with Gasteiger partial charge >= 0.3 is 6.09 Å². The van der Waals surface area contributed by atoms with Gasteiger partial charge < -0.3 is 19.4 Å². The summed E-state index contributed by atoms with van der Waals surface area (Å²) in [5.74, 6) is -0.235. The highest BCUT2D eigenvalue weighted by Crippen LogP contribution is 2.37. The Kier molecular flexibility index (Phi) is 10.1. The van der Waals surface area contributed by atoms with Crippen LogP contribution in [0.4, 0.5) is 4.79 Å². The maximum absolute atomic E-state index is 12.6. The van der Waals surface area contributed by atoms with Gasteiger partial charge in [0.2, 0.25) is 5.91 Å². The summed E-state index contributed by atoms with van der Waals surface area (Å²) in [6.45, 7) is 16.3. The van der Waals surface area contributed by atoms with Crippen molar-refractivity contribution in [2.75, 3.05) is 19.8 Å². The number of amides is 2. The Morgan fingerprint density at radius 2 is 2.11 bits per heavy atom. The third-order valence-corrected chi connectivity index (χ3v) is 13.2. The van der Waals surface area contributed by atoms with Crippen LogP contribution in [0.25, 0.3) is 0 Å². The topological polar surface area (TPSA) is 80.8 Å². The SMILES string of the molecule is C=CCOC(=O)N1CCC[C@@H]1CC[C@@H]1C(=O)N[C@@H]1C(=S)[C@H](CCO[Si](C)(C)C(C)(C)C)c1ccccn1. The van der Waals surface area contributed by atoms with E-state index in [0.717, 1.165) is 36.2 Å². The molecule has 0 aliphatic carbocycles. The van der Waals surface area contributed by atoms with Gasteiger partial charge in [0, 0.05) is 41.9 Å². The van der Waals surface area contributed by atoms with Gasteiger partial charge in [-0.2, -0.15) is 0 Å². The lowest BCUT2D eigenvalue weighted by atomic mass is 9.78. The molecule has 0 radical (unpaired) electrons. The molecule has 0 spiro atoms. The number of thiocarbonyl (C=S) groups is 1. The quantitative estimate of drug-likeness (QED) is 0.159. The molecule has 1 aromatic heterocycles. The van der Waals surface area contributed by atoms with Crippen LogP contribution >= 0.6 is 12.2 Å².